The Labute approximate surface area is 86.9 Å². The van der Waals surface area contributed by atoms with Crippen LogP contribution in [-0.2, 0) is 4.79 Å². The molecular weight excluding hydrogens is 176 g/mol. The van der Waals surface area contributed by atoms with E-state index in [1.54, 1.807) is 0 Å². The summed E-state index contributed by atoms with van der Waals surface area (Å²) in [7, 11) is 0. The van der Waals surface area contributed by atoms with Gasteiger partial charge in [0.25, 0.3) is 0 Å². The molecule has 0 spiro atoms. The minimum Gasteiger partial charge on any atom is -0.339 e. The van der Waals surface area contributed by atoms with Crippen LogP contribution in [0.25, 0.3) is 0 Å². The molecular formula is C11H22N2O. The first-order valence-corrected chi connectivity index (χ1v) is 5.64. The number of carbonyl (C=O) groups excluding carboxylic acids is 1. The normalized spacial score (nSPS) is 22.9. The van der Waals surface area contributed by atoms with Gasteiger partial charge in [-0.15, -0.1) is 0 Å². The maximum Gasteiger partial charge on any atom is 0.236 e. The third-order valence-electron chi connectivity index (χ3n) is 2.78. The van der Waals surface area contributed by atoms with Gasteiger partial charge in [0.2, 0.25) is 5.91 Å². The largest absolute Gasteiger partial charge is 0.339 e. The predicted octanol–water partition coefficient (Wildman–Crippen LogP) is 1.39. The first-order valence-electron chi connectivity index (χ1n) is 5.64. The molecule has 1 aliphatic rings. The Hall–Kier alpha value is -0.570. The maximum absolute atomic E-state index is 11.8. The number of likely N-dealkylation sites (tertiary alicyclic amines) is 1. The number of hydrogen-bond donors (Lipinski definition) is 1. The Morgan fingerprint density at radius 2 is 2.21 bits per heavy atom. The second-order valence-electron chi connectivity index (χ2n) is 4.47. The lowest BCUT2D eigenvalue weighted by Crippen LogP contribution is -2.46. The van der Waals surface area contributed by atoms with Crippen LogP contribution in [0.1, 0.15) is 40.0 Å². The van der Waals surface area contributed by atoms with Crippen molar-refractivity contribution in [3.63, 3.8) is 0 Å². The average Bonchev–Trinajstić information content (AvgIpc) is 2.15. The highest BCUT2D eigenvalue weighted by Gasteiger charge is 2.22. The predicted molar refractivity (Wildman–Crippen MR) is 58.2 cm³/mol. The van der Waals surface area contributed by atoms with Gasteiger partial charge in [-0.25, -0.2) is 0 Å². The van der Waals surface area contributed by atoms with Gasteiger partial charge in [0.1, 0.15) is 0 Å². The SMILES string of the molecule is CC(C)NCC(=O)N1CCCCC1C. The first kappa shape index (κ1) is 11.5. The summed E-state index contributed by atoms with van der Waals surface area (Å²) in [4.78, 5) is 13.8. The molecule has 1 rings (SSSR count). The Bertz CT molecular complexity index is 192. The molecule has 1 N–H and O–H groups in total. The maximum atomic E-state index is 11.8. The second-order valence-corrected chi connectivity index (χ2v) is 4.47. The molecule has 0 aromatic carbocycles. The minimum atomic E-state index is 0.255. The number of hydrogen-bond acceptors (Lipinski definition) is 2. The van der Waals surface area contributed by atoms with Crippen LogP contribution in [0.3, 0.4) is 0 Å². The monoisotopic (exact) mass is 198 g/mol. The average molecular weight is 198 g/mol. The van der Waals surface area contributed by atoms with Gasteiger partial charge in [0.05, 0.1) is 6.54 Å². The third-order valence-corrected chi connectivity index (χ3v) is 2.78. The highest BCUT2D eigenvalue weighted by Crippen LogP contribution is 2.15. The molecule has 1 amide bonds. The van der Waals surface area contributed by atoms with E-state index in [9.17, 15) is 4.79 Å². The number of carbonyl (C=O) groups is 1. The molecule has 0 saturated carbocycles. The quantitative estimate of drug-likeness (QED) is 0.743. The number of piperidine rings is 1. The van der Waals surface area contributed by atoms with Gasteiger partial charge in [-0.05, 0) is 26.2 Å². The van der Waals surface area contributed by atoms with Crippen molar-refractivity contribution in [3.8, 4) is 0 Å². The smallest absolute Gasteiger partial charge is 0.236 e. The van der Waals surface area contributed by atoms with Crippen LogP contribution in [-0.4, -0.2) is 36.0 Å². The van der Waals surface area contributed by atoms with Crippen LogP contribution in [0, 0.1) is 0 Å². The molecule has 0 aromatic heterocycles. The Balaban J connectivity index is 2.34. The molecule has 1 saturated heterocycles. The molecule has 1 heterocycles. The van der Waals surface area contributed by atoms with Crippen LogP contribution in [0.2, 0.25) is 0 Å². The summed E-state index contributed by atoms with van der Waals surface area (Å²) < 4.78 is 0. The minimum absolute atomic E-state index is 0.255. The fraction of sp³-hybridized carbons (Fsp3) is 0.909. The third kappa shape index (κ3) is 3.29. The molecule has 1 aliphatic heterocycles. The Morgan fingerprint density at radius 1 is 1.50 bits per heavy atom. The molecule has 82 valence electrons. The zero-order chi connectivity index (χ0) is 10.6. The molecule has 1 fully saturated rings. The Morgan fingerprint density at radius 3 is 2.79 bits per heavy atom. The van der Waals surface area contributed by atoms with E-state index in [1.165, 1.54) is 6.42 Å². The highest BCUT2D eigenvalue weighted by molar-refractivity contribution is 5.78. The molecule has 3 heteroatoms. The lowest BCUT2D eigenvalue weighted by atomic mass is 10.0. The molecule has 0 radical (unpaired) electrons. The zero-order valence-electron chi connectivity index (χ0n) is 9.55. The fourth-order valence-corrected chi connectivity index (χ4v) is 1.86. The van der Waals surface area contributed by atoms with Crippen molar-refractivity contribution in [1.82, 2.24) is 10.2 Å². The van der Waals surface area contributed by atoms with Crippen molar-refractivity contribution in [2.24, 2.45) is 0 Å². The van der Waals surface area contributed by atoms with Gasteiger partial charge in [-0.3, -0.25) is 4.79 Å². The summed E-state index contributed by atoms with van der Waals surface area (Å²) in [5.74, 6) is 0.255. The molecule has 14 heavy (non-hydrogen) atoms. The van der Waals surface area contributed by atoms with E-state index in [2.05, 4.69) is 26.1 Å². The van der Waals surface area contributed by atoms with E-state index in [-0.39, 0.29) is 5.91 Å². The topological polar surface area (TPSA) is 32.3 Å². The molecule has 1 atom stereocenters. The Kier molecular flexibility index (Phi) is 4.39. The molecule has 0 aliphatic carbocycles. The van der Waals surface area contributed by atoms with E-state index < -0.39 is 0 Å². The van der Waals surface area contributed by atoms with Crippen molar-refractivity contribution < 1.29 is 4.79 Å². The van der Waals surface area contributed by atoms with Crippen molar-refractivity contribution in [3.05, 3.63) is 0 Å². The summed E-state index contributed by atoms with van der Waals surface area (Å²) in [6, 6.07) is 0.823. The van der Waals surface area contributed by atoms with Crippen molar-refractivity contribution in [1.29, 1.82) is 0 Å². The van der Waals surface area contributed by atoms with Gasteiger partial charge in [-0.2, -0.15) is 0 Å². The van der Waals surface area contributed by atoms with Gasteiger partial charge < -0.3 is 10.2 Å². The summed E-state index contributed by atoms with van der Waals surface area (Å²) in [6.07, 6.45) is 3.59. The van der Waals surface area contributed by atoms with Crippen LogP contribution in [0.4, 0.5) is 0 Å². The summed E-state index contributed by atoms with van der Waals surface area (Å²) in [5, 5.41) is 3.17. The molecule has 0 aromatic rings. The van der Waals surface area contributed by atoms with Gasteiger partial charge in [0, 0.05) is 18.6 Å². The summed E-state index contributed by atoms with van der Waals surface area (Å²) in [6.45, 7) is 7.70. The van der Waals surface area contributed by atoms with E-state index in [0.29, 0.717) is 18.6 Å². The molecule has 3 nitrogen and oxygen atoms in total. The number of nitrogens with one attached hydrogen (secondary N) is 1. The van der Waals surface area contributed by atoms with E-state index in [4.69, 9.17) is 0 Å². The molecule has 1 unspecified atom stereocenters. The van der Waals surface area contributed by atoms with Crippen LogP contribution in [0.15, 0.2) is 0 Å². The standard InChI is InChI=1S/C11H22N2O/c1-9(2)12-8-11(14)13-7-5-4-6-10(13)3/h9-10,12H,4-8H2,1-3H3. The number of amides is 1. The number of nitrogens with zero attached hydrogens (tertiary/aromatic N) is 1. The van der Waals surface area contributed by atoms with Crippen molar-refractivity contribution in [2.45, 2.75) is 52.1 Å². The van der Waals surface area contributed by atoms with E-state index in [1.807, 2.05) is 4.90 Å². The second kappa shape index (κ2) is 5.35. The fourth-order valence-electron chi connectivity index (χ4n) is 1.86. The lowest BCUT2D eigenvalue weighted by Gasteiger charge is -2.33. The number of rotatable bonds is 3. The van der Waals surface area contributed by atoms with Gasteiger partial charge in [-0.1, -0.05) is 13.8 Å². The summed E-state index contributed by atoms with van der Waals surface area (Å²) in [5.41, 5.74) is 0. The van der Waals surface area contributed by atoms with E-state index in [0.717, 1.165) is 19.4 Å². The van der Waals surface area contributed by atoms with Crippen LogP contribution < -0.4 is 5.32 Å². The highest BCUT2D eigenvalue weighted by atomic mass is 16.2. The first-order chi connectivity index (χ1) is 6.61. The van der Waals surface area contributed by atoms with Crippen molar-refractivity contribution in [2.75, 3.05) is 13.1 Å². The van der Waals surface area contributed by atoms with Crippen molar-refractivity contribution >= 4 is 5.91 Å². The lowest BCUT2D eigenvalue weighted by molar-refractivity contribution is -0.133. The van der Waals surface area contributed by atoms with Gasteiger partial charge in [0.15, 0.2) is 0 Å². The van der Waals surface area contributed by atoms with Crippen LogP contribution in [0.5, 0.6) is 0 Å². The zero-order valence-corrected chi connectivity index (χ0v) is 9.55. The summed E-state index contributed by atoms with van der Waals surface area (Å²) >= 11 is 0. The molecule has 0 bridgehead atoms. The van der Waals surface area contributed by atoms with Gasteiger partial charge >= 0.3 is 0 Å². The van der Waals surface area contributed by atoms with E-state index >= 15 is 0 Å². The van der Waals surface area contributed by atoms with Crippen LogP contribution >= 0.6 is 0 Å².